The summed E-state index contributed by atoms with van der Waals surface area (Å²) in [6.07, 6.45) is 0.640. The summed E-state index contributed by atoms with van der Waals surface area (Å²) in [5, 5.41) is 2.91. The zero-order chi connectivity index (χ0) is 18.4. The van der Waals surface area contributed by atoms with Crippen LogP contribution in [0, 0.1) is 0 Å². The smallest absolute Gasteiger partial charge is 0.348 e. The Morgan fingerprint density at radius 2 is 1.65 bits per heavy atom. The molecule has 0 radical (unpaired) electrons. The van der Waals surface area contributed by atoms with Crippen LogP contribution in [0.2, 0.25) is 0 Å². The Labute approximate surface area is 153 Å². The van der Waals surface area contributed by atoms with Crippen molar-refractivity contribution in [2.75, 3.05) is 0 Å². The number of esters is 1. The topological polar surface area (TPSA) is 64.6 Å². The van der Waals surface area contributed by atoms with Gasteiger partial charge < -0.3 is 14.8 Å². The minimum absolute atomic E-state index is 0.190. The van der Waals surface area contributed by atoms with Gasteiger partial charge in [0.05, 0.1) is 0 Å². The van der Waals surface area contributed by atoms with Gasteiger partial charge in [0.2, 0.25) is 6.10 Å². The van der Waals surface area contributed by atoms with Crippen LogP contribution in [-0.2, 0) is 14.3 Å². The van der Waals surface area contributed by atoms with Crippen molar-refractivity contribution >= 4 is 11.9 Å². The lowest BCUT2D eigenvalue weighted by Gasteiger charge is -2.22. The largest absolute Gasteiger partial charge is 0.479 e. The van der Waals surface area contributed by atoms with E-state index in [-0.39, 0.29) is 11.9 Å². The average Bonchev–Trinajstić information content (AvgIpc) is 3.49. The molecule has 0 aromatic heterocycles. The molecule has 26 heavy (non-hydrogen) atoms. The highest BCUT2D eigenvalue weighted by molar-refractivity contribution is 5.86. The maximum Gasteiger partial charge on any atom is 0.348 e. The van der Waals surface area contributed by atoms with Crippen LogP contribution >= 0.6 is 0 Å². The first-order valence-corrected chi connectivity index (χ1v) is 8.95. The summed E-state index contributed by atoms with van der Waals surface area (Å²) < 4.78 is 11.3. The third-order valence-electron chi connectivity index (χ3n) is 4.15. The zero-order valence-corrected chi connectivity index (χ0v) is 14.8. The van der Waals surface area contributed by atoms with Crippen LogP contribution in [0.3, 0.4) is 0 Å². The van der Waals surface area contributed by atoms with E-state index in [1.807, 2.05) is 43.3 Å². The number of hydrogen-bond donors (Lipinski definition) is 1. The SMILES string of the molecule is CC[C@H](Oc1ccccc1)C(=O)O[C@H](C(=O)NC1CC1)c1ccccc1. The normalized spacial score (nSPS) is 15.6. The van der Waals surface area contributed by atoms with Gasteiger partial charge in [-0.2, -0.15) is 0 Å². The van der Waals surface area contributed by atoms with E-state index in [2.05, 4.69) is 5.32 Å². The van der Waals surface area contributed by atoms with Crippen LogP contribution in [0.1, 0.15) is 37.9 Å². The summed E-state index contributed by atoms with van der Waals surface area (Å²) in [6, 6.07) is 18.4. The number of hydrogen-bond acceptors (Lipinski definition) is 4. The number of para-hydroxylation sites is 1. The highest BCUT2D eigenvalue weighted by atomic mass is 16.6. The fourth-order valence-electron chi connectivity index (χ4n) is 2.56. The number of ether oxygens (including phenoxy) is 2. The van der Waals surface area contributed by atoms with Gasteiger partial charge in [0.25, 0.3) is 5.91 Å². The van der Waals surface area contributed by atoms with Crippen LogP contribution in [0.4, 0.5) is 0 Å². The van der Waals surface area contributed by atoms with Gasteiger partial charge in [-0.3, -0.25) is 4.79 Å². The summed E-state index contributed by atoms with van der Waals surface area (Å²) in [6.45, 7) is 1.84. The van der Waals surface area contributed by atoms with Crippen molar-refractivity contribution < 1.29 is 19.1 Å². The third-order valence-corrected chi connectivity index (χ3v) is 4.15. The third kappa shape index (κ3) is 4.85. The van der Waals surface area contributed by atoms with Gasteiger partial charge in [0.15, 0.2) is 6.10 Å². The van der Waals surface area contributed by atoms with Gasteiger partial charge in [-0.25, -0.2) is 4.79 Å². The Kier molecular flexibility index (Phi) is 5.89. The predicted octanol–water partition coefficient (Wildman–Crippen LogP) is 3.41. The molecule has 2 aromatic rings. The van der Waals surface area contributed by atoms with Crippen LogP contribution in [0.15, 0.2) is 60.7 Å². The Morgan fingerprint density at radius 3 is 2.23 bits per heavy atom. The van der Waals surface area contributed by atoms with Crippen molar-refractivity contribution in [2.45, 2.75) is 44.4 Å². The van der Waals surface area contributed by atoms with Crippen molar-refractivity contribution in [3.05, 3.63) is 66.2 Å². The van der Waals surface area contributed by atoms with Gasteiger partial charge in [-0.05, 0) is 31.4 Å². The first-order valence-electron chi connectivity index (χ1n) is 8.95. The highest BCUT2D eigenvalue weighted by Crippen LogP contribution is 2.24. The lowest BCUT2D eigenvalue weighted by Crippen LogP contribution is -2.37. The van der Waals surface area contributed by atoms with E-state index in [1.54, 1.807) is 24.3 Å². The molecule has 0 spiro atoms. The molecule has 2 atom stereocenters. The molecule has 1 fully saturated rings. The van der Waals surface area contributed by atoms with Crippen LogP contribution in [-0.4, -0.2) is 24.0 Å². The number of amides is 1. The molecule has 1 amide bonds. The Hall–Kier alpha value is -2.82. The number of rotatable bonds is 8. The summed E-state index contributed by atoms with van der Waals surface area (Å²) >= 11 is 0. The number of carbonyl (C=O) groups is 2. The van der Waals surface area contributed by atoms with E-state index in [0.717, 1.165) is 12.8 Å². The molecule has 136 valence electrons. The van der Waals surface area contributed by atoms with E-state index in [9.17, 15) is 9.59 Å². The first kappa shape index (κ1) is 18.0. The molecule has 1 N–H and O–H groups in total. The minimum atomic E-state index is -0.974. The second-order valence-electron chi connectivity index (χ2n) is 6.34. The van der Waals surface area contributed by atoms with E-state index in [1.165, 1.54) is 0 Å². The fourth-order valence-corrected chi connectivity index (χ4v) is 2.56. The maximum atomic E-state index is 12.6. The molecule has 1 aliphatic rings. The van der Waals surface area contributed by atoms with Crippen LogP contribution in [0.25, 0.3) is 0 Å². The molecule has 0 unspecified atom stereocenters. The quantitative estimate of drug-likeness (QED) is 0.739. The molecular formula is C21H23NO4. The number of carbonyl (C=O) groups excluding carboxylic acids is 2. The Bertz CT molecular complexity index is 728. The van der Waals surface area contributed by atoms with Crippen molar-refractivity contribution in [1.29, 1.82) is 0 Å². The van der Waals surface area contributed by atoms with Crippen molar-refractivity contribution in [1.82, 2.24) is 5.32 Å². The van der Waals surface area contributed by atoms with Crippen molar-refractivity contribution in [3.8, 4) is 5.75 Å². The van der Waals surface area contributed by atoms with Gasteiger partial charge in [-0.15, -0.1) is 0 Å². The van der Waals surface area contributed by atoms with E-state index >= 15 is 0 Å². The van der Waals surface area contributed by atoms with Gasteiger partial charge >= 0.3 is 5.97 Å². The molecule has 5 heteroatoms. The van der Waals surface area contributed by atoms with Gasteiger partial charge in [0, 0.05) is 11.6 Å². The Morgan fingerprint density at radius 1 is 1.04 bits per heavy atom. The lowest BCUT2D eigenvalue weighted by atomic mass is 10.1. The van der Waals surface area contributed by atoms with E-state index < -0.39 is 18.2 Å². The molecule has 1 aliphatic carbocycles. The van der Waals surface area contributed by atoms with Gasteiger partial charge in [-0.1, -0.05) is 55.5 Å². The van der Waals surface area contributed by atoms with E-state index in [4.69, 9.17) is 9.47 Å². The molecule has 2 aromatic carbocycles. The molecule has 0 aliphatic heterocycles. The number of nitrogens with one attached hydrogen (secondary N) is 1. The standard InChI is InChI=1S/C21H23NO4/c1-2-18(25-17-11-7-4-8-12-17)21(24)26-19(15-9-5-3-6-10-15)20(23)22-16-13-14-16/h3-12,16,18-19H,2,13-14H2,1H3,(H,22,23)/t18-,19-/m0/s1. The predicted molar refractivity (Wildman–Crippen MR) is 97.6 cm³/mol. The fraction of sp³-hybridized carbons (Fsp3) is 0.333. The van der Waals surface area contributed by atoms with Crippen LogP contribution in [0.5, 0.6) is 5.75 Å². The molecular weight excluding hydrogens is 330 g/mol. The Balaban J connectivity index is 1.71. The first-order chi connectivity index (χ1) is 12.7. The summed E-state index contributed by atoms with van der Waals surface area (Å²) in [5.74, 6) is -0.243. The summed E-state index contributed by atoms with van der Waals surface area (Å²) in [7, 11) is 0. The van der Waals surface area contributed by atoms with Gasteiger partial charge in [0.1, 0.15) is 5.75 Å². The minimum Gasteiger partial charge on any atom is -0.479 e. The van der Waals surface area contributed by atoms with E-state index in [0.29, 0.717) is 17.7 Å². The second-order valence-corrected chi connectivity index (χ2v) is 6.34. The molecule has 5 nitrogen and oxygen atoms in total. The zero-order valence-electron chi connectivity index (χ0n) is 14.8. The molecule has 0 bridgehead atoms. The average molecular weight is 353 g/mol. The lowest BCUT2D eigenvalue weighted by molar-refractivity contribution is -0.163. The molecule has 1 saturated carbocycles. The summed E-state index contributed by atoms with van der Waals surface area (Å²) in [5.41, 5.74) is 0.647. The monoisotopic (exact) mass is 353 g/mol. The van der Waals surface area contributed by atoms with Crippen molar-refractivity contribution in [2.24, 2.45) is 0 Å². The number of benzene rings is 2. The molecule has 0 heterocycles. The van der Waals surface area contributed by atoms with Crippen LogP contribution < -0.4 is 10.1 Å². The second kappa shape index (κ2) is 8.52. The van der Waals surface area contributed by atoms with Crippen molar-refractivity contribution in [3.63, 3.8) is 0 Å². The summed E-state index contributed by atoms with van der Waals surface area (Å²) in [4.78, 5) is 25.2. The molecule has 3 rings (SSSR count). The highest BCUT2D eigenvalue weighted by Gasteiger charge is 2.32. The maximum absolute atomic E-state index is 12.6. The molecule has 0 saturated heterocycles.